The lowest BCUT2D eigenvalue weighted by Gasteiger charge is -2.20. The molecule has 0 bridgehead atoms. The first-order valence-electron chi connectivity index (χ1n) is 8.67. The minimum absolute atomic E-state index is 0.00285. The van der Waals surface area contributed by atoms with Gasteiger partial charge in [-0.3, -0.25) is 9.78 Å². The summed E-state index contributed by atoms with van der Waals surface area (Å²) in [6.45, 7) is 5.23. The van der Waals surface area contributed by atoms with Crippen molar-refractivity contribution in [1.82, 2.24) is 9.88 Å². The van der Waals surface area contributed by atoms with Crippen LogP contribution in [0.5, 0.6) is 11.5 Å². The zero-order chi connectivity index (χ0) is 18.9. The topological polar surface area (TPSA) is 51.7 Å². The summed E-state index contributed by atoms with van der Waals surface area (Å²) in [6, 6.07) is 9.53. The van der Waals surface area contributed by atoms with Crippen LogP contribution in [-0.4, -0.2) is 43.1 Å². The molecule has 0 atom stereocenters. The molecule has 2 rings (SSSR count). The number of ether oxygens (including phenoxy) is 2. The number of hydrogen-bond donors (Lipinski definition) is 0. The average molecular weight is 354 g/mol. The first kappa shape index (κ1) is 19.5. The molecule has 1 heterocycles. The summed E-state index contributed by atoms with van der Waals surface area (Å²) in [4.78, 5) is 18.5. The van der Waals surface area contributed by atoms with Crippen LogP contribution in [0.3, 0.4) is 0 Å². The number of carbonyl (C=O) groups is 1. The molecular formula is C21H26N2O3. The molecule has 0 N–H and O–H groups in total. The second-order valence-corrected chi connectivity index (χ2v) is 5.92. The number of pyridine rings is 1. The number of amides is 1. The molecule has 1 amide bonds. The minimum Gasteiger partial charge on any atom is -0.497 e. The summed E-state index contributed by atoms with van der Waals surface area (Å²) in [5.74, 6) is 1.40. The lowest BCUT2D eigenvalue weighted by atomic mass is 10.1. The highest BCUT2D eigenvalue weighted by Crippen LogP contribution is 2.30. The monoisotopic (exact) mass is 354 g/mol. The molecule has 1 aromatic carbocycles. The molecule has 0 unspecified atom stereocenters. The summed E-state index contributed by atoms with van der Waals surface area (Å²) >= 11 is 0. The van der Waals surface area contributed by atoms with E-state index >= 15 is 0 Å². The third-order valence-corrected chi connectivity index (χ3v) is 4.29. The van der Waals surface area contributed by atoms with Crippen molar-refractivity contribution in [3.05, 3.63) is 59.9 Å². The number of hydrogen-bond acceptors (Lipinski definition) is 4. The number of carbonyl (C=O) groups excluding carboxylic acids is 1. The van der Waals surface area contributed by atoms with Crippen molar-refractivity contribution in [2.75, 3.05) is 27.3 Å². The number of allylic oxidation sites excluding steroid dienone is 1. The van der Waals surface area contributed by atoms with Crippen LogP contribution in [0, 0.1) is 0 Å². The zero-order valence-corrected chi connectivity index (χ0v) is 15.9. The standard InChI is InChI=1S/C21H26N2O3/c1-5-23(13-10-17-8-11-22-12-9-17)21(24)14-16(2)19-7-6-18(25-3)15-20(19)26-4/h6-9,11-12,14-15H,5,10,13H2,1-4H3/b16-14+. The van der Waals surface area contributed by atoms with E-state index < -0.39 is 0 Å². The molecule has 1 aromatic heterocycles. The second kappa shape index (κ2) is 9.61. The molecule has 0 aliphatic carbocycles. The first-order chi connectivity index (χ1) is 12.6. The molecule has 0 saturated heterocycles. The van der Waals surface area contributed by atoms with Crippen molar-refractivity contribution < 1.29 is 14.3 Å². The summed E-state index contributed by atoms with van der Waals surface area (Å²) < 4.78 is 10.7. The highest BCUT2D eigenvalue weighted by molar-refractivity contribution is 5.95. The van der Waals surface area contributed by atoms with Gasteiger partial charge in [-0.05, 0) is 55.7 Å². The van der Waals surface area contributed by atoms with Gasteiger partial charge in [-0.2, -0.15) is 0 Å². The quantitative estimate of drug-likeness (QED) is 0.680. The summed E-state index contributed by atoms with van der Waals surface area (Å²) in [5.41, 5.74) is 2.91. The third kappa shape index (κ3) is 5.09. The summed E-state index contributed by atoms with van der Waals surface area (Å²) in [7, 11) is 3.23. The van der Waals surface area contributed by atoms with Gasteiger partial charge < -0.3 is 14.4 Å². The smallest absolute Gasteiger partial charge is 0.246 e. The van der Waals surface area contributed by atoms with E-state index in [-0.39, 0.29) is 5.91 Å². The van der Waals surface area contributed by atoms with Gasteiger partial charge in [0.05, 0.1) is 14.2 Å². The van der Waals surface area contributed by atoms with E-state index in [1.54, 1.807) is 32.7 Å². The van der Waals surface area contributed by atoms with Crippen LogP contribution in [0.2, 0.25) is 0 Å². The molecule has 5 heteroatoms. The van der Waals surface area contributed by atoms with E-state index in [1.165, 1.54) is 5.56 Å². The number of likely N-dealkylation sites (N-methyl/N-ethyl adjacent to an activating group) is 1. The maximum atomic E-state index is 12.7. The molecule has 0 radical (unpaired) electrons. The largest absolute Gasteiger partial charge is 0.497 e. The van der Waals surface area contributed by atoms with Crippen LogP contribution in [0.15, 0.2) is 48.8 Å². The molecule has 0 aliphatic heterocycles. The predicted molar refractivity (Wildman–Crippen MR) is 103 cm³/mol. The molecule has 2 aromatic rings. The Morgan fingerprint density at radius 3 is 2.50 bits per heavy atom. The Balaban J connectivity index is 2.11. The SMILES string of the molecule is CCN(CCc1ccncc1)C(=O)/C=C(\C)c1ccc(OC)cc1OC. The lowest BCUT2D eigenvalue weighted by molar-refractivity contribution is -0.125. The zero-order valence-electron chi connectivity index (χ0n) is 15.9. The maximum absolute atomic E-state index is 12.7. The maximum Gasteiger partial charge on any atom is 0.246 e. The third-order valence-electron chi connectivity index (χ3n) is 4.29. The van der Waals surface area contributed by atoms with Gasteiger partial charge in [0.2, 0.25) is 5.91 Å². The van der Waals surface area contributed by atoms with Gasteiger partial charge in [0.1, 0.15) is 11.5 Å². The van der Waals surface area contributed by atoms with Crippen molar-refractivity contribution in [3.8, 4) is 11.5 Å². The highest BCUT2D eigenvalue weighted by atomic mass is 16.5. The van der Waals surface area contributed by atoms with E-state index in [1.807, 2.05) is 49.1 Å². The van der Waals surface area contributed by atoms with Crippen molar-refractivity contribution in [3.63, 3.8) is 0 Å². The Hall–Kier alpha value is -2.82. The Morgan fingerprint density at radius 1 is 1.15 bits per heavy atom. The van der Waals surface area contributed by atoms with E-state index in [0.29, 0.717) is 18.8 Å². The second-order valence-electron chi connectivity index (χ2n) is 5.92. The Kier molecular flexibility index (Phi) is 7.21. The molecule has 0 saturated carbocycles. The van der Waals surface area contributed by atoms with Gasteiger partial charge in [-0.25, -0.2) is 0 Å². The van der Waals surface area contributed by atoms with Crippen LogP contribution in [-0.2, 0) is 11.2 Å². The van der Waals surface area contributed by atoms with Crippen LogP contribution in [0.1, 0.15) is 25.0 Å². The molecule has 26 heavy (non-hydrogen) atoms. The fourth-order valence-electron chi connectivity index (χ4n) is 2.72. The molecule has 0 aliphatic rings. The summed E-state index contributed by atoms with van der Waals surface area (Å²) in [6.07, 6.45) is 6.02. The number of rotatable bonds is 8. The molecule has 5 nitrogen and oxygen atoms in total. The van der Waals surface area contributed by atoms with Crippen molar-refractivity contribution >= 4 is 11.5 Å². The van der Waals surface area contributed by atoms with E-state index in [4.69, 9.17) is 9.47 Å². The number of methoxy groups -OCH3 is 2. The highest BCUT2D eigenvalue weighted by Gasteiger charge is 2.12. The van der Waals surface area contributed by atoms with E-state index in [9.17, 15) is 4.79 Å². The number of nitrogens with zero attached hydrogens (tertiary/aromatic N) is 2. The number of aromatic nitrogens is 1. The fraction of sp³-hybridized carbons (Fsp3) is 0.333. The van der Waals surface area contributed by atoms with E-state index in [2.05, 4.69) is 4.98 Å². The average Bonchev–Trinajstić information content (AvgIpc) is 2.68. The minimum atomic E-state index is -0.00285. The predicted octanol–water partition coefficient (Wildman–Crippen LogP) is 3.59. The van der Waals surface area contributed by atoms with Crippen molar-refractivity contribution in [2.24, 2.45) is 0 Å². The molecule has 0 spiro atoms. The lowest BCUT2D eigenvalue weighted by Crippen LogP contribution is -2.31. The molecule has 138 valence electrons. The van der Waals surface area contributed by atoms with Gasteiger partial charge in [0.25, 0.3) is 0 Å². The van der Waals surface area contributed by atoms with Crippen LogP contribution in [0.25, 0.3) is 5.57 Å². The fourth-order valence-corrected chi connectivity index (χ4v) is 2.72. The number of benzene rings is 1. The first-order valence-corrected chi connectivity index (χ1v) is 8.67. The van der Waals surface area contributed by atoms with Gasteiger partial charge in [-0.15, -0.1) is 0 Å². The van der Waals surface area contributed by atoms with Crippen LogP contribution >= 0.6 is 0 Å². The Bertz CT molecular complexity index is 757. The normalized spacial score (nSPS) is 11.2. The molecule has 0 fully saturated rings. The van der Waals surface area contributed by atoms with Crippen LogP contribution < -0.4 is 9.47 Å². The van der Waals surface area contributed by atoms with Crippen molar-refractivity contribution in [1.29, 1.82) is 0 Å². The van der Waals surface area contributed by atoms with Gasteiger partial charge in [0.15, 0.2) is 0 Å². The van der Waals surface area contributed by atoms with Gasteiger partial charge in [0, 0.05) is 43.2 Å². The summed E-state index contributed by atoms with van der Waals surface area (Å²) in [5, 5.41) is 0. The van der Waals surface area contributed by atoms with Crippen molar-refractivity contribution in [2.45, 2.75) is 20.3 Å². The van der Waals surface area contributed by atoms with E-state index in [0.717, 1.165) is 23.3 Å². The van der Waals surface area contributed by atoms with Gasteiger partial charge in [-0.1, -0.05) is 0 Å². The Morgan fingerprint density at radius 2 is 1.88 bits per heavy atom. The van der Waals surface area contributed by atoms with Gasteiger partial charge >= 0.3 is 0 Å². The Labute approximate surface area is 155 Å². The van der Waals surface area contributed by atoms with Crippen LogP contribution in [0.4, 0.5) is 0 Å². The molecular weight excluding hydrogens is 328 g/mol.